The van der Waals surface area contributed by atoms with Gasteiger partial charge < -0.3 is 15.5 Å². The first-order valence-electron chi connectivity index (χ1n) is 15.4. The number of nitrogens with one attached hydrogen (secondary N) is 2. The zero-order valence-corrected chi connectivity index (χ0v) is 26.9. The highest BCUT2D eigenvalue weighted by Crippen LogP contribution is 2.31. The van der Waals surface area contributed by atoms with Gasteiger partial charge in [-0.1, -0.05) is 48.5 Å². The molecule has 1 fully saturated rings. The van der Waals surface area contributed by atoms with E-state index in [1.54, 1.807) is 89.8 Å². The summed E-state index contributed by atoms with van der Waals surface area (Å²) in [6.07, 6.45) is 2.28. The van der Waals surface area contributed by atoms with Crippen LogP contribution in [-0.2, 0) is 26.2 Å². The Kier molecular flexibility index (Phi) is 9.05. The largest absolute Gasteiger partial charge is 0.348 e. The number of hydrogen-bond acceptors (Lipinski definition) is 7. The molecule has 0 radical (unpaired) electrons. The molecule has 0 saturated carbocycles. The van der Waals surface area contributed by atoms with Crippen LogP contribution >= 0.6 is 0 Å². The Hall–Kier alpha value is -5.80. The third-order valence-corrected chi connectivity index (χ3v) is 10.2. The SMILES string of the molecule is CC(=O)N1CCCC1NC(=O)CN(c1ccc2c(C(=O)NCc3ccc(C#N)cc3)cccc2c1)S(=O)(=O)c1cccc2cccnc12. The second-order valence-corrected chi connectivity index (χ2v) is 13.3. The van der Waals surface area contributed by atoms with Gasteiger partial charge in [0.1, 0.15) is 17.6 Å². The molecule has 11 nitrogen and oxygen atoms in total. The monoisotopic (exact) mass is 660 g/mol. The minimum Gasteiger partial charge on any atom is -0.348 e. The summed E-state index contributed by atoms with van der Waals surface area (Å²) in [6, 6.07) is 27.3. The lowest BCUT2D eigenvalue weighted by Gasteiger charge is -2.28. The Morgan fingerprint density at radius 1 is 0.979 bits per heavy atom. The zero-order valence-electron chi connectivity index (χ0n) is 26.1. The second-order valence-electron chi connectivity index (χ2n) is 11.5. The molecule has 2 N–H and O–H groups in total. The van der Waals surface area contributed by atoms with Gasteiger partial charge in [0.2, 0.25) is 11.8 Å². The number of pyridine rings is 1. The fraction of sp³-hybridized carbons (Fsp3) is 0.194. The number of fused-ring (bicyclic) bond motifs is 2. The molecule has 0 spiro atoms. The van der Waals surface area contributed by atoms with E-state index in [-0.39, 0.29) is 34.5 Å². The predicted octanol–water partition coefficient (Wildman–Crippen LogP) is 4.47. The highest BCUT2D eigenvalue weighted by molar-refractivity contribution is 7.93. The average Bonchev–Trinajstić information content (AvgIpc) is 3.57. The lowest BCUT2D eigenvalue weighted by atomic mass is 10.0. The van der Waals surface area contributed by atoms with Crippen LogP contribution in [0.1, 0.15) is 41.3 Å². The van der Waals surface area contributed by atoms with Crippen LogP contribution in [0.5, 0.6) is 0 Å². The summed E-state index contributed by atoms with van der Waals surface area (Å²) in [5, 5.41) is 16.6. The third-order valence-electron chi connectivity index (χ3n) is 8.37. The average molecular weight is 661 g/mol. The van der Waals surface area contributed by atoms with Crippen LogP contribution in [0.4, 0.5) is 5.69 Å². The normalized spacial score (nSPS) is 14.4. The molecule has 1 aliphatic rings. The van der Waals surface area contributed by atoms with Crippen molar-refractivity contribution in [2.75, 3.05) is 17.4 Å². The van der Waals surface area contributed by atoms with Crippen molar-refractivity contribution in [1.82, 2.24) is 20.5 Å². The summed E-state index contributed by atoms with van der Waals surface area (Å²) in [5.74, 6) is -1.06. The van der Waals surface area contributed by atoms with Crippen LogP contribution in [0.3, 0.4) is 0 Å². The van der Waals surface area contributed by atoms with Gasteiger partial charge >= 0.3 is 0 Å². The number of aromatic nitrogens is 1. The van der Waals surface area contributed by atoms with E-state index in [9.17, 15) is 22.8 Å². The number of carbonyl (C=O) groups excluding carboxylic acids is 3. The number of sulfonamides is 1. The predicted molar refractivity (Wildman–Crippen MR) is 181 cm³/mol. The summed E-state index contributed by atoms with van der Waals surface area (Å²) >= 11 is 0. The van der Waals surface area contributed by atoms with Gasteiger partial charge in [-0.15, -0.1) is 0 Å². The lowest BCUT2D eigenvalue weighted by molar-refractivity contribution is -0.131. The maximum Gasteiger partial charge on any atom is 0.266 e. The van der Waals surface area contributed by atoms with Gasteiger partial charge in [0.15, 0.2) is 0 Å². The molecule has 0 bridgehead atoms. The molecule has 48 heavy (non-hydrogen) atoms. The van der Waals surface area contributed by atoms with Crippen molar-refractivity contribution < 1.29 is 22.8 Å². The van der Waals surface area contributed by atoms with Crippen LogP contribution in [-0.4, -0.2) is 55.3 Å². The van der Waals surface area contributed by atoms with E-state index in [2.05, 4.69) is 21.7 Å². The first-order chi connectivity index (χ1) is 23.2. The van der Waals surface area contributed by atoms with E-state index in [4.69, 9.17) is 5.26 Å². The quantitative estimate of drug-likeness (QED) is 0.237. The topological polar surface area (TPSA) is 153 Å². The maximum atomic E-state index is 14.4. The van der Waals surface area contributed by atoms with Gasteiger partial charge in [0.25, 0.3) is 15.9 Å². The molecule has 5 aromatic rings. The van der Waals surface area contributed by atoms with Crippen molar-refractivity contribution in [3.63, 3.8) is 0 Å². The molecule has 1 saturated heterocycles. The van der Waals surface area contributed by atoms with Crippen molar-refractivity contribution in [2.45, 2.75) is 37.4 Å². The smallest absolute Gasteiger partial charge is 0.266 e. The van der Waals surface area contributed by atoms with Crippen LogP contribution in [0.25, 0.3) is 21.7 Å². The third kappa shape index (κ3) is 6.54. The molecule has 242 valence electrons. The Labute approximate surface area is 277 Å². The molecule has 1 aromatic heterocycles. The Bertz CT molecular complexity index is 2190. The number of rotatable bonds is 9. The van der Waals surface area contributed by atoms with Gasteiger partial charge in [-0.25, -0.2) is 8.42 Å². The van der Waals surface area contributed by atoms with Gasteiger partial charge in [0, 0.05) is 37.2 Å². The van der Waals surface area contributed by atoms with Gasteiger partial charge in [-0.3, -0.25) is 23.7 Å². The van der Waals surface area contributed by atoms with Crippen molar-refractivity contribution in [2.24, 2.45) is 0 Å². The Morgan fingerprint density at radius 2 is 1.73 bits per heavy atom. The summed E-state index contributed by atoms with van der Waals surface area (Å²) in [5.41, 5.74) is 2.23. The van der Waals surface area contributed by atoms with Gasteiger partial charge in [0.05, 0.1) is 22.8 Å². The molecule has 0 aliphatic carbocycles. The summed E-state index contributed by atoms with van der Waals surface area (Å²) in [4.78, 5) is 44.7. The van der Waals surface area contributed by atoms with Crippen LogP contribution in [0.2, 0.25) is 0 Å². The first-order valence-corrected chi connectivity index (χ1v) is 16.8. The number of anilines is 1. The van der Waals surface area contributed by atoms with E-state index in [0.717, 1.165) is 16.3 Å². The number of carbonyl (C=O) groups is 3. The lowest BCUT2D eigenvalue weighted by Crippen LogP contribution is -2.50. The molecule has 1 unspecified atom stereocenters. The second kappa shape index (κ2) is 13.5. The Balaban J connectivity index is 1.34. The molecule has 1 atom stereocenters. The number of nitrogens with zero attached hydrogens (tertiary/aromatic N) is 4. The number of benzene rings is 4. The van der Waals surface area contributed by atoms with Gasteiger partial charge in [-0.2, -0.15) is 5.26 Å². The van der Waals surface area contributed by atoms with Crippen molar-refractivity contribution in [3.8, 4) is 6.07 Å². The van der Waals surface area contributed by atoms with Crippen molar-refractivity contribution in [1.29, 1.82) is 5.26 Å². The van der Waals surface area contributed by atoms with Crippen LogP contribution in [0, 0.1) is 11.3 Å². The molecule has 3 amide bonds. The minimum absolute atomic E-state index is 0.0596. The summed E-state index contributed by atoms with van der Waals surface area (Å²) < 4.78 is 29.9. The number of likely N-dealkylation sites (tertiary alicyclic amines) is 1. The fourth-order valence-corrected chi connectivity index (χ4v) is 7.55. The number of amides is 3. The number of hydrogen-bond donors (Lipinski definition) is 2. The molecular weight excluding hydrogens is 628 g/mol. The van der Waals surface area contributed by atoms with E-state index in [1.807, 2.05) is 0 Å². The van der Waals surface area contributed by atoms with E-state index in [1.165, 1.54) is 19.2 Å². The first kappa shape index (κ1) is 32.2. The zero-order chi connectivity index (χ0) is 33.8. The van der Waals surface area contributed by atoms with Crippen LogP contribution < -0.4 is 14.9 Å². The Morgan fingerprint density at radius 3 is 2.50 bits per heavy atom. The standard InChI is InChI=1S/C36H32N6O5S/c1-24(43)41-19-5-11-33(41)40-34(44)23-42(48(46,47)32-10-3-6-27-8-4-18-38-35(27)32)29-16-17-30-28(20-29)7-2-9-31(30)36(45)39-22-26-14-12-25(21-37)13-15-26/h2-4,6-10,12-18,20,33H,5,11,19,22-23H2,1H3,(H,39,45)(H,40,44). The number of para-hydroxylation sites is 1. The molecule has 1 aliphatic heterocycles. The van der Waals surface area contributed by atoms with E-state index in [0.29, 0.717) is 40.3 Å². The minimum atomic E-state index is -4.35. The van der Waals surface area contributed by atoms with Crippen LogP contribution in [0.15, 0.2) is 102 Å². The van der Waals surface area contributed by atoms with Gasteiger partial charge in [-0.05, 0) is 71.6 Å². The van der Waals surface area contributed by atoms with E-state index >= 15 is 0 Å². The highest BCUT2D eigenvalue weighted by atomic mass is 32.2. The molecular formula is C36H32N6O5S. The fourth-order valence-electron chi connectivity index (χ4n) is 5.97. The van der Waals surface area contributed by atoms with Crippen molar-refractivity contribution >= 4 is 55.1 Å². The summed E-state index contributed by atoms with van der Waals surface area (Å²) in [6.45, 7) is 1.65. The van der Waals surface area contributed by atoms with E-state index < -0.39 is 28.6 Å². The molecule has 2 heterocycles. The highest BCUT2D eigenvalue weighted by Gasteiger charge is 2.32. The maximum absolute atomic E-state index is 14.4. The molecule has 12 heteroatoms. The molecule has 4 aromatic carbocycles. The van der Waals surface area contributed by atoms with Crippen molar-refractivity contribution in [3.05, 3.63) is 114 Å². The molecule has 6 rings (SSSR count). The summed E-state index contributed by atoms with van der Waals surface area (Å²) in [7, 11) is -4.35. The number of nitriles is 1.